The van der Waals surface area contributed by atoms with Gasteiger partial charge in [0.2, 0.25) is 0 Å². The molecule has 0 bridgehead atoms. The molecule has 0 atom stereocenters. The molecular weight excluding hydrogens is 433 g/mol. The molecule has 0 radical (unpaired) electrons. The number of nitrogens with one attached hydrogen (secondary N) is 2. The highest BCUT2D eigenvalue weighted by Crippen LogP contribution is 2.27. The highest BCUT2D eigenvalue weighted by molar-refractivity contribution is 14.1. The van der Waals surface area contributed by atoms with Gasteiger partial charge in [0.05, 0.1) is 23.5 Å². The van der Waals surface area contributed by atoms with E-state index in [4.69, 9.17) is 9.94 Å². The van der Waals surface area contributed by atoms with Crippen LogP contribution in [0, 0.1) is 15.2 Å². The van der Waals surface area contributed by atoms with Crippen LogP contribution in [-0.2, 0) is 4.84 Å². The van der Waals surface area contributed by atoms with Crippen molar-refractivity contribution in [1.29, 1.82) is 0 Å². The minimum absolute atomic E-state index is 0.0306. The Balaban J connectivity index is 2.21. The van der Waals surface area contributed by atoms with Gasteiger partial charge in [-0.2, -0.15) is 0 Å². The van der Waals surface area contributed by atoms with Crippen LogP contribution in [0.15, 0.2) is 36.4 Å². The molecule has 5 nitrogen and oxygen atoms in total. The number of hydrogen-bond acceptors (Lipinski definition) is 4. The number of anilines is 2. The predicted molar refractivity (Wildman–Crippen MR) is 93.9 cm³/mol. The number of hydroxylamine groups is 1. The smallest absolute Gasteiger partial charge is 0.277 e. The lowest BCUT2D eigenvalue weighted by molar-refractivity contribution is 0.0262. The molecule has 24 heavy (non-hydrogen) atoms. The molecule has 3 N–H and O–H groups in total. The first-order valence-electron chi connectivity index (χ1n) is 7.06. The third-order valence-electron chi connectivity index (χ3n) is 3.02. The van der Waals surface area contributed by atoms with Crippen LogP contribution in [0.5, 0.6) is 0 Å². The second-order valence-electron chi connectivity index (χ2n) is 4.77. The zero-order valence-corrected chi connectivity index (χ0v) is 14.6. The Kier molecular flexibility index (Phi) is 6.88. The first kappa shape index (κ1) is 18.6. The summed E-state index contributed by atoms with van der Waals surface area (Å²) in [6.45, 7) is 0.0425. The molecule has 0 heterocycles. The van der Waals surface area contributed by atoms with Crippen LogP contribution in [0.1, 0.15) is 16.8 Å². The molecule has 0 aromatic heterocycles. The van der Waals surface area contributed by atoms with Crippen molar-refractivity contribution in [2.75, 3.05) is 18.5 Å². The summed E-state index contributed by atoms with van der Waals surface area (Å²) >= 11 is 1.96. The minimum Gasteiger partial charge on any atom is -0.396 e. The highest BCUT2D eigenvalue weighted by atomic mass is 127. The van der Waals surface area contributed by atoms with Crippen molar-refractivity contribution >= 4 is 39.9 Å². The number of benzene rings is 2. The predicted octanol–water partition coefficient (Wildman–Crippen LogP) is 3.36. The third-order valence-corrected chi connectivity index (χ3v) is 3.69. The quantitative estimate of drug-likeness (QED) is 0.345. The molecule has 8 heteroatoms. The number of para-hydroxylation sites is 1. The maximum Gasteiger partial charge on any atom is 0.277 e. The molecule has 0 fully saturated rings. The van der Waals surface area contributed by atoms with Gasteiger partial charge in [-0.1, -0.05) is 6.07 Å². The molecule has 0 aliphatic carbocycles. The fraction of sp³-hybridized carbons (Fsp3) is 0.188. The summed E-state index contributed by atoms with van der Waals surface area (Å²) in [7, 11) is 0. The summed E-state index contributed by atoms with van der Waals surface area (Å²) in [5.74, 6) is -1.94. The van der Waals surface area contributed by atoms with Crippen molar-refractivity contribution in [2.24, 2.45) is 0 Å². The molecule has 0 aliphatic heterocycles. The largest absolute Gasteiger partial charge is 0.396 e. The Morgan fingerprint density at radius 2 is 2.00 bits per heavy atom. The summed E-state index contributed by atoms with van der Waals surface area (Å²) in [5, 5.41) is 11.3. The van der Waals surface area contributed by atoms with Gasteiger partial charge in [-0.3, -0.25) is 9.63 Å². The van der Waals surface area contributed by atoms with E-state index in [1.807, 2.05) is 22.6 Å². The van der Waals surface area contributed by atoms with Crippen molar-refractivity contribution in [2.45, 2.75) is 6.42 Å². The second-order valence-corrected chi connectivity index (χ2v) is 6.01. The van der Waals surface area contributed by atoms with E-state index in [9.17, 15) is 13.6 Å². The average Bonchev–Trinajstić information content (AvgIpc) is 2.55. The Morgan fingerprint density at radius 3 is 2.71 bits per heavy atom. The Bertz CT molecular complexity index is 728. The fourth-order valence-corrected chi connectivity index (χ4v) is 2.33. The lowest BCUT2D eigenvalue weighted by Gasteiger charge is -2.14. The SMILES string of the molecule is O=C(NOCCCO)c1cccc(F)c1Nc1ccc(I)cc1F. The molecule has 0 saturated heterocycles. The van der Waals surface area contributed by atoms with Crippen LogP contribution in [0.25, 0.3) is 0 Å². The maximum absolute atomic E-state index is 14.1. The Hall–Kier alpha value is -1.78. The molecule has 2 aromatic rings. The summed E-state index contributed by atoms with van der Waals surface area (Å²) in [4.78, 5) is 17.0. The highest BCUT2D eigenvalue weighted by Gasteiger charge is 2.17. The van der Waals surface area contributed by atoms with E-state index < -0.39 is 17.5 Å². The molecule has 2 aromatic carbocycles. The number of carbonyl (C=O) groups excluding carboxylic acids is 1. The van der Waals surface area contributed by atoms with Gasteiger partial charge in [-0.05, 0) is 59.3 Å². The van der Waals surface area contributed by atoms with E-state index in [0.717, 1.165) is 6.07 Å². The first-order chi connectivity index (χ1) is 11.5. The van der Waals surface area contributed by atoms with Gasteiger partial charge in [-0.15, -0.1) is 0 Å². The van der Waals surface area contributed by atoms with Crippen molar-refractivity contribution in [3.8, 4) is 0 Å². The topological polar surface area (TPSA) is 70.6 Å². The van der Waals surface area contributed by atoms with E-state index in [0.29, 0.717) is 9.99 Å². The van der Waals surface area contributed by atoms with Crippen LogP contribution in [0.4, 0.5) is 20.2 Å². The molecule has 2 rings (SSSR count). The van der Waals surface area contributed by atoms with Gasteiger partial charge in [0, 0.05) is 10.2 Å². The number of rotatable bonds is 7. The van der Waals surface area contributed by atoms with Crippen molar-refractivity contribution in [3.05, 3.63) is 57.2 Å². The number of halogens is 3. The normalized spacial score (nSPS) is 10.5. The lowest BCUT2D eigenvalue weighted by Crippen LogP contribution is -2.25. The number of amides is 1. The maximum atomic E-state index is 14.1. The van der Waals surface area contributed by atoms with Crippen LogP contribution in [0.2, 0.25) is 0 Å². The van der Waals surface area contributed by atoms with E-state index in [1.165, 1.54) is 24.3 Å². The Morgan fingerprint density at radius 1 is 1.21 bits per heavy atom. The molecule has 0 spiro atoms. The van der Waals surface area contributed by atoms with Crippen LogP contribution in [0.3, 0.4) is 0 Å². The number of aliphatic hydroxyl groups excluding tert-OH is 1. The molecule has 0 aliphatic rings. The van der Waals surface area contributed by atoms with E-state index in [2.05, 4.69) is 10.8 Å². The summed E-state index contributed by atoms with van der Waals surface area (Å²) in [5.41, 5.74) is 2.03. The van der Waals surface area contributed by atoms with Crippen molar-refractivity contribution < 1.29 is 23.5 Å². The molecule has 128 valence electrons. The molecule has 1 amide bonds. The van der Waals surface area contributed by atoms with E-state index >= 15 is 0 Å². The first-order valence-corrected chi connectivity index (χ1v) is 8.14. The summed E-state index contributed by atoms with van der Waals surface area (Å²) < 4.78 is 28.8. The standard InChI is InChI=1S/C16H15F2IN2O3/c17-12-4-1-3-11(16(23)21-24-8-2-7-22)15(12)20-14-6-5-10(19)9-13(14)18/h1,3-6,9,20,22H,2,7-8H2,(H,21,23). The number of carbonyl (C=O) groups is 1. The van der Waals surface area contributed by atoms with Crippen LogP contribution < -0.4 is 10.8 Å². The second kappa shape index (κ2) is 8.90. The van der Waals surface area contributed by atoms with Gasteiger partial charge < -0.3 is 10.4 Å². The van der Waals surface area contributed by atoms with Crippen molar-refractivity contribution in [3.63, 3.8) is 0 Å². The number of aliphatic hydroxyl groups is 1. The van der Waals surface area contributed by atoms with Crippen LogP contribution in [-0.4, -0.2) is 24.2 Å². The van der Waals surface area contributed by atoms with Crippen LogP contribution >= 0.6 is 22.6 Å². The van der Waals surface area contributed by atoms with E-state index in [1.54, 1.807) is 6.07 Å². The van der Waals surface area contributed by atoms with Gasteiger partial charge in [-0.25, -0.2) is 14.3 Å². The summed E-state index contributed by atoms with van der Waals surface area (Å²) in [6.07, 6.45) is 0.350. The molecular formula is C16H15F2IN2O3. The number of hydrogen-bond donors (Lipinski definition) is 3. The third kappa shape index (κ3) is 4.86. The summed E-state index contributed by atoms with van der Waals surface area (Å²) in [6, 6.07) is 8.33. The monoisotopic (exact) mass is 448 g/mol. The van der Waals surface area contributed by atoms with E-state index in [-0.39, 0.29) is 30.2 Å². The molecule has 0 saturated carbocycles. The van der Waals surface area contributed by atoms with Gasteiger partial charge in [0.15, 0.2) is 0 Å². The zero-order valence-electron chi connectivity index (χ0n) is 12.5. The zero-order chi connectivity index (χ0) is 17.5. The van der Waals surface area contributed by atoms with Gasteiger partial charge >= 0.3 is 0 Å². The fourth-order valence-electron chi connectivity index (χ4n) is 1.87. The van der Waals surface area contributed by atoms with Gasteiger partial charge in [0.25, 0.3) is 5.91 Å². The van der Waals surface area contributed by atoms with Gasteiger partial charge in [0.1, 0.15) is 11.6 Å². The van der Waals surface area contributed by atoms with Crippen molar-refractivity contribution in [1.82, 2.24) is 5.48 Å². The lowest BCUT2D eigenvalue weighted by atomic mass is 10.1. The minimum atomic E-state index is -0.698. The average molecular weight is 448 g/mol. The Labute approximate surface area is 151 Å². The molecule has 0 unspecified atom stereocenters.